The molecule has 19 heavy (non-hydrogen) atoms. The molecular weight excluding hydrogens is 260 g/mol. The molecule has 0 aliphatic heterocycles. The largest absolute Gasteiger partial charge is 0.336 e. The number of aryl methyl sites for hydroxylation is 1. The SMILES string of the molecule is Cc1cccc2c1[nH]c(=S)n2CCNC(=O)N(C)C. The summed E-state index contributed by atoms with van der Waals surface area (Å²) in [5, 5.41) is 2.83. The van der Waals surface area contributed by atoms with Crippen LogP contribution in [0.5, 0.6) is 0 Å². The zero-order valence-corrected chi connectivity index (χ0v) is 12.2. The zero-order chi connectivity index (χ0) is 14.0. The molecule has 0 bridgehead atoms. The molecular formula is C13H18N4OS. The number of fused-ring (bicyclic) bond motifs is 1. The normalized spacial score (nSPS) is 10.7. The highest BCUT2D eigenvalue weighted by atomic mass is 32.1. The molecule has 5 nitrogen and oxygen atoms in total. The number of carbonyl (C=O) groups is 1. The standard InChI is InChI=1S/C13H18N4OS/c1-9-5-4-6-10-11(9)15-13(19)17(10)8-7-14-12(18)16(2)3/h4-6H,7-8H2,1-3H3,(H,14,18)(H,15,19). The van der Waals surface area contributed by atoms with Gasteiger partial charge in [-0.2, -0.15) is 0 Å². The Morgan fingerprint density at radius 3 is 2.89 bits per heavy atom. The molecule has 102 valence electrons. The van der Waals surface area contributed by atoms with Gasteiger partial charge in [-0.25, -0.2) is 4.79 Å². The number of aromatic amines is 1. The van der Waals surface area contributed by atoms with Gasteiger partial charge >= 0.3 is 6.03 Å². The lowest BCUT2D eigenvalue weighted by molar-refractivity contribution is 0.217. The van der Waals surface area contributed by atoms with Crippen molar-refractivity contribution in [2.75, 3.05) is 20.6 Å². The predicted octanol–water partition coefficient (Wildman–Crippen LogP) is 2.28. The van der Waals surface area contributed by atoms with Gasteiger partial charge in [0.15, 0.2) is 4.77 Å². The van der Waals surface area contributed by atoms with Crippen molar-refractivity contribution in [2.24, 2.45) is 0 Å². The van der Waals surface area contributed by atoms with E-state index in [0.29, 0.717) is 17.9 Å². The molecule has 0 aliphatic rings. The molecule has 0 aliphatic carbocycles. The predicted molar refractivity (Wildman–Crippen MR) is 78.9 cm³/mol. The quantitative estimate of drug-likeness (QED) is 0.846. The average Bonchev–Trinajstić information content (AvgIpc) is 2.68. The number of H-pyrrole nitrogens is 1. The molecule has 2 rings (SSSR count). The Hall–Kier alpha value is -1.82. The molecule has 0 fully saturated rings. The third kappa shape index (κ3) is 2.78. The molecule has 0 unspecified atom stereocenters. The summed E-state index contributed by atoms with van der Waals surface area (Å²) >= 11 is 5.33. The van der Waals surface area contributed by atoms with E-state index in [0.717, 1.165) is 11.0 Å². The molecule has 0 radical (unpaired) electrons. The van der Waals surface area contributed by atoms with Crippen LogP contribution in [0.3, 0.4) is 0 Å². The molecule has 2 aromatic rings. The molecule has 0 spiro atoms. The Bertz CT molecular complexity index is 656. The third-order valence-electron chi connectivity index (χ3n) is 3.04. The van der Waals surface area contributed by atoms with Gasteiger partial charge in [0.1, 0.15) is 0 Å². The van der Waals surface area contributed by atoms with Gasteiger partial charge in [-0.1, -0.05) is 12.1 Å². The van der Waals surface area contributed by atoms with Crippen molar-refractivity contribution in [3.05, 3.63) is 28.5 Å². The lowest BCUT2D eigenvalue weighted by atomic mass is 10.2. The molecule has 1 heterocycles. The number of imidazole rings is 1. The van der Waals surface area contributed by atoms with Crippen molar-refractivity contribution < 1.29 is 4.79 Å². The number of aromatic nitrogens is 2. The summed E-state index contributed by atoms with van der Waals surface area (Å²) in [5.74, 6) is 0. The Morgan fingerprint density at radius 1 is 1.47 bits per heavy atom. The number of urea groups is 1. The molecule has 2 N–H and O–H groups in total. The van der Waals surface area contributed by atoms with Crippen molar-refractivity contribution in [2.45, 2.75) is 13.5 Å². The van der Waals surface area contributed by atoms with Crippen molar-refractivity contribution in [3.8, 4) is 0 Å². The summed E-state index contributed by atoms with van der Waals surface area (Å²) in [5.41, 5.74) is 3.30. The third-order valence-corrected chi connectivity index (χ3v) is 3.36. The van der Waals surface area contributed by atoms with E-state index in [9.17, 15) is 4.79 Å². The van der Waals surface area contributed by atoms with Crippen molar-refractivity contribution >= 4 is 29.3 Å². The van der Waals surface area contributed by atoms with Crippen LogP contribution in [0.25, 0.3) is 11.0 Å². The van der Waals surface area contributed by atoms with Crippen molar-refractivity contribution in [1.82, 2.24) is 19.8 Å². The number of hydrogen-bond acceptors (Lipinski definition) is 2. The minimum atomic E-state index is -0.0949. The highest BCUT2D eigenvalue weighted by Gasteiger charge is 2.07. The zero-order valence-electron chi connectivity index (χ0n) is 11.4. The Labute approximate surface area is 117 Å². The van der Waals surface area contributed by atoms with Crippen LogP contribution in [-0.2, 0) is 6.54 Å². The van der Waals surface area contributed by atoms with Crippen LogP contribution >= 0.6 is 12.2 Å². The van der Waals surface area contributed by atoms with Gasteiger partial charge in [-0.3, -0.25) is 0 Å². The molecule has 0 saturated heterocycles. The fraction of sp³-hybridized carbons (Fsp3) is 0.385. The monoisotopic (exact) mass is 278 g/mol. The molecule has 0 saturated carbocycles. The maximum atomic E-state index is 11.4. The summed E-state index contributed by atoms with van der Waals surface area (Å²) in [6, 6.07) is 5.99. The smallest absolute Gasteiger partial charge is 0.316 e. The second-order valence-corrected chi connectivity index (χ2v) is 5.06. The van der Waals surface area contributed by atoms with E-state index < -0.39 is 0 Å². The van der Waals surface area contributed by atoms with Gasteiger partial charge in [0.25, 0.3) is 0 Å². The fourth-order valence-electron chi connectivity index (χ4n) is 1.98. The summed E-state index contributed by atoms with van der Waals surface area (Å²) in [6.45, 7) is 3.25. The first-order valence-corrected chi connectivity index (χ1v) is 6.55. The van der Waals surface area contributed by atoms with Crippen molar-refractivity contribution in [3.63, 3.8) is 0 Å². The Morgan fingerprint density at radius 2 is 2.21 bits per heavy atom. The van der Waals surface area contributed by atoms with Gasteiger partial charge in [0, 0.05) is 27.2 Å². The van der Waals surface area contributed by atoms with Gasteiger partial charge in [-0.15, -0.1) is 0 Å². The van der Waals surface area contributed by atoms with Crippen LogP contribution in [-0.4, -0.2) is 41.1 Å². The highest BCUT2D eigenvalue weighted by Crippen LogP contribution is 2.17. The number of carbonyl (C=O) groups excluding carboxylic acids is 1. The number of benzene rings is 1. The molecule has 1 aromatic carbocycles. The van der Waals surface area contributed by atoms with Crippen LogP contribution in [0.4, 0.5) is 4.79 Å². The summed E-state index contributed by atoms with van der Waals surface area (Å²) in [4.78, 5) is 16.2. The first kappa shape index (κ1) is 13.6. The molecule has 6 heteroatoms. The second-order valence-electron chi connectivity index (χ2n) is 4.68. The maximum absolute atomic E-state index is 11.4. The summed E-state index contributed by atoms with van der Waals surface area (Å²) in [6.07, 6.45) is 0. The van der Waals surface area contributed by atoms with E-state index in [1.807, 2.05) is 29.7 Å². The number of nitrogens with zero attached hydrogens (tertiary/aromatic N) is 2. The second kappa shape index (κ2) is 5.44. The van der Waals surface area contributed by atoms with E-state index in [2.05, 4.69) is 10.3 Å². The number of hydrogen-bond donors (Lipinski definition) is 2. The highest BCUT2D eigenvalue weighted by molar-refractivity contribution is 7.71. The minimum absolute atomic E-state index is 0.0949. The lowest BCUT2D eigenvalue weighted by Crippen LogP contribution is -2.36. The van der Waals surface area contributed by atoms with E-state index in [1.54, 1.807) is 14.1 Å². The number of para-hydroxylation sites is 1. The molecule has 1 aromatic heterocycles. The Balaban J connectivity index is 2.17. The van der Waals surface area contributed by atoms with E-state index in [4.69, 9.17) is 12.2 Å². The van der Waals surface area contributed by atoms with Crippen LogP contribution in [0, 0.1) is 11.7 Å². The fourth-order valence-corrected chi connectivity index (χ4v) is 2.27. The lowest BCUT2D eigenvalue weighted by Gasteiger charge is -2.12. The molecule has 2 amide bonds. The van der Waals surface area contributed by atoms with Gasteiger partial charge in [0.2, 0.25) is 0 Å². The first-order valence-electron chi connectivity index (χ1n) is 6.14. The van der Waals surface area contributed by atoms with Gasteiger partial charge in [-0.05, 0) is 30.8 Å². The van der Waals surface area contributed by atoms with Crippen LogP contribution in [0.1, 0.15) is 5.56 Å². The van der Waals surface area contributed by atoms with Crippen LogP contribution in [0.15, 0.2) is 18.2 Å². The number of amides is 2. The van der Waals surface area contributed by atoms with E-state index in [-0.39, 0.29) is 6.03 Å². The van der Waals surface area contributed by atoms with Crippen LogP contribution in [0.2, 0.25) is 0 Å². The molecule has 0 atom stereocenters. The summed E-state index contributed by atoms with van der Waals surface area (Å²) < 4.78 is 2.69. The van der Waals surface area contributed by atoms with E-state index in [1.165, 1.54) is 10.5 Å². The first-order chi connectivity index (χ1) is 9.00. The van der Waals surface area contributed by atoms with Gasteiger partial charge < -0.3 is 19.8 Å². The van der Waals surface area contributed by atoms with Gasteiger partial charge in [0.05, 0.1) is 11.0 Å². The Kier molecular flexibility index (Phi) is 3.90. The topological polar surface area (TPSA) is 53.1 Å². The minimum Gasteiger partial charge on any atom is -0.336 e. The van der Waals surface area contributed by atoms with E-state index >= 15 is 0 Å². The maximum Gasteiger partial charge on any atom is 0.316 e. The van der Waals surface area contributed by atoms with Crippen LogP contribution < -0.4 is 5.32 Å². The average molecular weight is 278 g/mol. The van der Waals surface area contributed by atoms with Crippen molar-refractivity contribution in [1.29, 1.82) is 0 Å². The number of rotatable bonds is 3. The summed E-state index contributed by atoms with van der Waals surface area (Å²) in [7, 11) is 3.44. The number of nitrogens with one attached hydrogen (secondary N) is 2.